The summed E-state index contributed by atoms with van der Waals surface area (Å²) in [5, 5.41) is 3.44. The molecular formula is C16H18ClN3O3. The summed E-state index contributed by atoms with van der Waals surface area (Å²) in [6, 6.07) is 8.67. The molecule has 2 N–H and O–H groups in total. The monoisotopic (exact) mass is 335 g/mol. The van der Waals surface area contributed by atoms with Gasteiger partial charge in [-0.1, -0.05) is 37.6 Å². The van der Waals surface area contributed by atoms with Crippen molar-refractivity contribution in [1.29, 1.82) is 0 Å². The van der Waals surface area contributed by atoms with Gasteiger partial charge in [-0.3, -0.25) is 19.1 Å². The minimum Gasteiger partial charge on any atom is -0.354 e. The number of aromatic amines is 1. The van der Waals surface area contributed by atoms with Crippen molar-refractivity contribution < 1.29 is 4.79 Å². The van der Waals surface area contributed by atoms with Crippen molar-refractivity contribution in [1.82, 2.24) is 14.9 Å². The standard InChI is InChI=1S/C16H18ClN3O3/c1-16(2,11-4-3-5-12(17)8-11)10-18-14(22)9-20-7-6-13(21)19-15(20)23/h3-8H,9-10H2,1-2H3,(H,18,22)(H,19,21,23). The maximum absolute atomic E-state index is 12.0. The number of halogens is 1. The number of benzene rings is 1. The minimum absolute atomic E-state index is 0.152. The van der Waals surface area contributed by atoms with Crippen molar-refractivity contribution in [3.05, 3.63) is 68.0 Å². The number of hydrogen-bond donors (Lipinski definition) is 2. The van der Waals surface area contributed by atoms with Crippen LogP contribution in [0.1, 0.15) is 19.4 Å². The Kier molecular flexibility index (Phi) is 5.05. The zero-order chi connectivity index (χ0) is 17.0. The third-order valence-corrected chi connectivity index (χ3v) is 3.78. The molecule has 1 heterocycles. The van der Waals surface area contributed by atoms with Crippen LogP contribution in [0.25, 0.3) is 0 Å². The maximum Gasteiger partial charge on any atom is 0.328 e. The van der Waals surface area contributed by atoms with Crippen LogP contribution in [0, 0.1) is 0 Å². The summed E-state index contributed by atoms with van der Waals surface area (Å²) in [5.74, 6) is -0.311. The summed E-state index contributed by atoms with van der Waals surface area (Å²) in [4.78, 5) is 36.6. The summed E-state index contributed by atoms with van der Waals surface area (Å²) < 4.78 is 1.14. The molecule has 0 aliphatic rings. The van der Waals surface area contributed by atoms with E-state index in [4.69, 9.17) is 11.6 Å². The molecule has 1 amide bonds. The molecule has 1 aromatic heterocycles. The van der Waals surface area contributed by atoms with Crippen LogP contribution in [-0.4, -0.2) is 22.0 Å². The van der Waals surface area contributed by atoms with Crippen LogP contribution in [0.3, 0.4) is 0 Å². The summed E-state index contributed by atoms with van der Waals surface area (Å²) in [6.45, 7) is 4.22. The van der Waals surface area contributed by atoms with Gasteiger partial charge in [0.25, 0.3) is 5.56 Å². The molecule has 2 rings (SSSR count). The summed E-state index contributed by atoms with van der Waals surface area (Å²) in [6.07, 6.45) is 1.29. The Balaban J connectivity index is 2.01. The number of H-pyrrole nitrogens is 1. The van der Waals surface area contributed by atoms with E-state index in [0.29, 0.717) is 11.6 Å². The van der Waals surface area contributed by atoms with Crippen LogP contribution >= 0.6 is 11.6 Å². The molecule has 0 unspecified atom stereocenters. The van der Waals surface area contributed by atoms with E-state index in [9.17, 15) is 14.4 Å². The second-order valence-electron chi connectivity index (χ2n) is 5.91. The predicted molar refractivity (Wildman–Crippen MR) is 88.8 cm³/mol. The summed E-state index contributed by atoms with van der Waals surface area (Å²) in [5.41, 5.74) is -0.404. The molecule has 7 heteroatoms. The molecule has 0 radical (unpaired) electrons. The first kappa shape index (κ1) is 17.0. The Morgan fingerprint density at radius 3 is 2.70 bits per heavy atom. The lowest BCUT2D eigenvalue weighted by Crippen LogP contribution is -2.40. The molecule has 0 saturated carbocycles. The van der Waals surface area contributed by atoms with Crippen molar-refractivity contribution in [2.24, 2.45) is 0 Å². The van der Waals surface area contributed by atoms with Gasteiger partial charge in [0.05, 0.1) is 0 Å². The quantitative estimate of drug-likeness (QED) is 0.863. The number of amides is 1. The Morgan fingerprint density at radius 2 is 2.04 bits per heavy atom. The fourth-order valence-electron chi connectivity index (χ4n) is 2.11. The molecule has 0 saturated heterocycles. The number of carbonyl (C=O) groups is 1. The van der Waals surface area contributed by atoms with E-state index in [-0.39, 0.29) is 17.9 Å². The molecule has 23 heavy (non-hydrogen) atoms. The molecule has 0 fully saturated rings. The van der Waals surface area contributed by atoms with Crippen molar-refractivity contribution in [2.75, 3.05) is 6.54 Å². The lowest BCUT2D eigenvalue weighted by Gasteiger charge is -2.26. The Labute approximate surface area is 138 Å². The van der Waals surface area contributed by atoms with Gasteiger partial charge in [-0.25, -0.2) is 4.79 Å². The molecule has 6 nitrogen and oxygen atoms in total. The molecule has 0 aliphatic carbocycles. The molecule has 122 valence electrons. The summed E-state index contributed by atoms with van der Waals surface area (Å²) in [7, 11) is 0. The second-order valence-corrected chi connectivity index (χ2v) is 6.35. The molecule has 0 atom stereocenters. The highest BCUT2D eigenvalue weighted by Crippen LogP contribution is 2.24. The van der Waals surface area contributed by atoms with E-state index < -0.39 is 11.2 Å². The third-order valence-electron chi connectivity index (χ3n) is 3.54. The number of nitrogens with one attached hydrogen (secondary N) is 2. The minimum atomic E-state index is -0.609. The van der Waals surface area contributed by atoms with Gasteiger partial charge in [0, 0.05) is 29.2 Å². The van der Waals surface area contributed by atoms with Crippen LogP contribution in [0.15, 0.2) is 46.1 Å². The fourth-order valence-corrected chi connectivity index (χ4v) is 2.30. The largest absolute Gasteiger partial charge is 0.354 e. The van der Waals surface area contributed by atoms with Gasteiger partial charge in [-0.2, -0.15) is 0 Å². The number of nitrogens with zero attached hydrogens (tertiary/aromatic N) is 1. The van der Waals surface area contributed by atoms with E-state index in [1.54, 1.807) is 6.07 Å². The van der Waals surface area contributed by atoms with Crippen LogP contribution < -0.4 is 16.6 Å². The fraction of sp³-hybridized carbons (Fsp3) is 0.312. The van der Waals surface area contributed by atoms with Crippen LogP contribution in [-0.2, 0) is 16.8 Å². The first-order chi connectivity index (χ1) is 10.8. The highest BCUT2D eigenvalue weighted by atomic mass is 35.5. The van der Waals surface area contributed by atoms with Gasteiger partial charge in [0.1, 0.15) is 6.54 Å². The zero-order valence-electron chi connectivity index (χ0n) is 12.9. The Bertz CT molecular complexity index is 824. The van der Waals surface area contributed by atoms with Crippen molar-refractivity contribution in [3.63, 3.8) is 0 Å². The average molecular weight is 336 g/mol. The van der Waals surface area contributed by atoms with E-state index in [2.05, 4.69) is 10.3 Å². The van der Waals surface area contributed by atoms with Crippen molar-refractivity contribution in [3.8, 4) is 0 Å². The van der Waals surface area contributed by atoms with Gasteiger partial charge >= 0.3 is 5.69 Å². The lowest BCUT2D eigenvalue weighted by molar-refractivity contribution is -0.121. The maximum atomic E-state index is 12.0. The molecular weight excluding hydrogens is 318 g/mol. The van der Waals surface area contributed by atoms with Crippen LogP contribution in [0.4, 0.5) is 0 Å². The highest BCUT2D eigenvalue weighted by Gasteiger charge is 2.21. The normalized spacial score (nSPS) is 11.3. The smallest absolute Gasteiger partial charge is 0.328 e. The van der Waals surface area contributed by atoms with E-state index in [1.165, 1.54) is 12.3 Å². The van der Waals surface area contributed by atoms with Gasteiger partial charge in [0.15, 0.2) is 0 Å². The lowest BCUT2D eigenvalue weighted by atomic mass is 9.84. The Morgan fingerprint density at radius 1 is 1.30 bits per heavy atom. The topological polar surface area (TPSA) is 84.0 Å². The van der Waals surface area contributed by atoms with Gasteiger partial charge < -0.3 is 5.32 Å². The predicted octanol–water partition coefficient (Wildman–Crippen LogP) is 1.28. The third kappa shape index (κ3) is 4.56. The molecule has 0 spiro atoms. The van der Waals surface area contributed by atoms with E-state index in [1.807, 2.05) is 32.0 Å². The highest BCUT2D eigenvalue weighted by molar-refractivity contribution is 6.30. The molecule has 2 aromatic rings. The molecule has 0 bridgehead atoms. The first-order valence-electron chi connectivity index (χ1n) is 7.10. The zero-order valence-corrected chi connectivity index (χ0v) is 13.7. The number of aromatic nitrogens is 2. The van der Waals surface area contributed by atoms with Crippen LogP contribution in [0.2, 0.25) is 5.02 Å². The van der Waals surface area contributed by atoms with Gasteiger partial charge in [0.2, 0.25) is 5.91 Å². The van der Waals surface area contributed by atoms with E-state index in [0.717, 1.165) is 10.1 Å². The molecule has 0 aliphatic heterocycles. The SMILES string of the molecule is CC(C)(CNC(=O)Cn1ccc(=O)[nH]c1=O)c1cccc(Cl)c1. The van der Waals surface area contributed by atoms with Gasteiger partial charge in [-0.05, 0) is 17.7 Å². The number of hydrogen-bond acceptors (Lipinski definition) is 3. The average Bonchev–Trinajstić information content (AvgIpc) is 2.48. The first-order valence-corrected chi connectivity index (χ1v) is 7.48. The number of carbonyl (C=O) groups excluding carboxylic acids is 1. The Hall–Kier alpha value is -2.34. The van der Waals surface area contributed by atoms with Gasteiger partial charge in [-0.15, -0.1) is 0 Å². The van der Waals surface area contributed by atoms with E-state index >= 15 is 0 Å². The second kappa shape index (κ2) is 6.83. The van der Waals surface area contributed by atoms with Crippen LogP contribution in [0.5, 0.6) is 0 Å². The number of rotatable bonds is 5. The molecule has 1 aromatic carbocycles. The van der Waals surface area contributed by atoms with Crippen molar-refractivity contribution in [2.45, 2.75) is 25.8 Å². The van der Waals surface area contributed by atoms with Crippen molar-refractivity contribution >= 4 is 17.5 Å². The summed E-state index contributed by atoms with van der Waals surface area (Å²) >= 11 is 6.00.